The Morgan fingerprint density at radius 1 is 1.33 bits per heavy atom. The molecule has 0 unspecified atom stereocenters. The average molecular weight is 374 g/mol. The van der Waals surface area contributed by atoms with Gasteiger partial charge in [-0.25, -0.2) is 4.98 Å². The first-order chi connectivity index (χ1) is 10.2. The summed E-state index contributed by atoms with van der Waals surface area (Å²) >= 11 is 5.25. The Morgan fingerprint density at radius 2 is 2.10 bits per heavy atom. The lowest BCUT2D eigenvalue weighted by molar-refractivity contribution is 0.0953. The molecule has 0 aliphatic heterocycles. The number of thioether (sulfide) groups is 1. The number of amides is 1. The highest BCUT2D eigenvalue weighted by molar-refractivity contribution is 9.10. The summed E-state index contributed by atoms with van der Waals surface area (Å²) < 4.78 is 0.811. The van der Waals surface area contributed by atoms with Crippen molar-refractivity contribution in [3.05, 3.63) is 22.3 Å². The second-order valence-electron chi connectivity index (χ2n) is 4.74. The number of pyridine rings is 1. The van der Waals surface area contributed by atoms with E-state index in [1.165, 1.54) is 18.6 Å². The van der Waals surface area contributed by atoms with E-state index in [2.05, 4.69) is 37.8 Å². The molecule has 0 aliphatic carbocycles. The van der Waals surface area contributed by atoms with Crippen molar-refractivity contribution in [1.82, 2.24) is 10.3 Å². The van der Waals surface area contributed by atoms with Crippen LogP contribution in [0, 0.1) is 0 Å². The first kappa shape index (κ1) is 18.3. The molecule has 0 bridgehead atoms. The number of carbonyl (C=O) groups excluding carboxylic acids is 1. The summed E-state index contributed by atoms with van der Waals surface area (Å²) in [4.78, 5) is 16.5. The van der Waals surface area contributed by atoms with Crippen molar-refractivity contribution in [3.63, 3.8) is 0 Å². The molecule has 1 aromatic heterocycles. The Morgan fingerprint density at radius 3 is 2.81 bits per heavy atom. The first-order valence-electron chi connectivity index (χ1n) is 7.35. The minimum Gasteiger partial charge on any atom is -0.370 e. The van der Waals surface area contributed by atoms with Crippen LogP contribution < -0.4 is 10.6 Å². The van der Waals surface area contributed by atoms with Gasteiger partial charge in [-0.05, 0) is 53.8 Å². The van der Waals surface area contributed by atoms with E-state index in [1.54, 1.807) is 12.3 Å². The SMILES string of the molecule is CCNc1ncc(Br)cc1C(=O)NCCCCCCSC. The molecule has 2 N–H and O–H groups in total. The molecule has 1 amide bonds. The molecule has 1 rings (SSSR count). The van der Waals surface area contributed by atoms with Gasteiger partial charge in [-0.3, -0.25) is 4.79 Å². The number of nitrogens with zero attached hydrogens (tertiary/aromatic N) is 1. The van der Waals surface area contributed by atoms with Crippen LogP contribution in [0.3, 0.4) is 0 Å². The third-order valence-electron chi connectivity index (χ3n) is 3.00. The molecule has 0 atom stereocenters. The fourth-order valence-electron chi connectivity index (χ4n) is 1.94. The minimum atomic E-state index is -0.0659. The highest BCUT2D eigenvalue weighted by atomic mass is 79.9. The normalized spacial score (nSPS) is 10.4. The fourth-order valence-corrected chi connectivity index (χ4v) is 2.77. The fraction of sp³-hybridized carbons (Fsp3) is 0.600. The van der Waals surface area contributed by atoms with Gasteiger partial charge in [-0.1, -0.05) is 12.8 Å². The summed E-state index contributed by atoms with van der Waals surface area (Å²) in [6, 6.07) is 1.80. The predicted molar refractivity (Wildman–Crippen MR) is 95.3 cm³/mol. The molecule has 0 spiro atoms. The molecule has 0 fully saturated rings. The molecular formula is C15H24BrN3OS. The first-order valence-corrected chi connectivity index (χ1v) is 9.54. The van der Waals surface area contributed by atoms with Crippen LogP contribution in [0.2, 0.25) is 0 Å². The van der Waals surface area contributed by atoms with Crippen molar-refractivity contribution in [3.8, 4) is 0 Å². The van der Waals surface area contributed by atoms with Crippen molar-refractivity contribution >= 4 is 39.4 Å². The number of hydrogen-bond acceptors (Lipinski definition) is 4. The molecule has 0 saturated heterocycles. The zero-order valence-electron chi connectivity index (χ0n) is 12.7. The molecule has 0 aliphatic rings. The Hall–Kier alpha value is -0.750. The number of carbonyl (C=O) groups is 1. The third kappa shape index (κ3) is 7.18. The largest absolute Gasteiger partial charge is 0.370 e. The van der Waals surface area contributed by atoms with Crippen LogP contribution in [0.5, 0.6) is 0 Å². The molecule has 21 heavy (non-hydrogen) atoms. The lowest BCUT2D eigenvalue weighted by Gasteiger charge is -2.10. The highest BCUT2D eigenvalue weighted by Gasteiger charge is 2.12. The maximum absolute atomic E-state index is 12.2. The van der Waals surface area contributed by atoms with E-state index in [-0.39, 0.29) is 5.91 Å². The highest BCUT2D eigenvalue weighted by Crippen LogP contribution is 2.17. The molecule has 1 heterocycles. The van der Waals surface area contributed by atoms with E-state index >= 15 is 0 Å². The number of halogens is 1. The smallest absolute Gasteiger partial charge is 0.255 e. The molecule has 118 valence electrons. The zero-order chi connectivity index (χ0) is 15.5. The van der Waals surface area contributed by atoms with E-state index in [0.29, 0.717) is 11.4 Å². The number of hydrogen-bond donors (Lipinski definition) is 2. The molecule has 0 aromatic carbocycles. The molecule has 1 aromatic rings. The van der Waals surface area contributed by atoms with Gasteiger partial charge in [-0.15, -0.1) is 0 Å². The molecule has 0 saturated carbocycles. The lowest BCUT2D eigenvalue weighted by Crippen LogP contribution is -2.25. The van der Waals surface area contributed by atoms with Crippen LogP contribution in [0.4, 0.5) is 5.82 Å². The maximum atomic E-state index is 12.2. The van der Waals surface area contributed by atoms with Crippen LogP contribution in [-0.2, 0) is 0 Å². The topological polar surface area (TPSA) is 54.0 Å². The molecule has 4 nitrogen and oxygen atoms in total. The Labute approximate surface area is 140 Å². The van der Waals surface area contributed by atoms with Crippen LogP contribution in [0.15, 0.2) is 16.7 Å². The third-order valence-corrected chi connectivity index (χ3v) is 4.13. The standard InChI is InChI=1S/C15H24BrN3OS/c1-3-17-14-13(10-12(16)11-19-14)15(20)18-8-6-4-5-7-9-21-2/h10-11H,3-9H2,1-2H3,(H,17,19)(H,18,20). The van der Waals surface area contributed by atoms with Crippen LogP contribution in [0.1, 0.15) is 43.0 Å². The zero-order valence-corrected chi connectivity index (χ0v) is 15.1. The van der Waals surface area contributed by atoms with Crippen molar-refractivity contribution < 1.29 is 4.79 Å². The van der Waals surface area contributed by atoms with Gasteiger partial charge < -0.3 is 10.6 Å². The predicted octanol–water partition coefficient (Wildman–Crippen LogP) is 3.93. The van der Waals surface area contributed by atoms with Crippen LogP contribution in [-0.4, -0.2) is 36.0 Å². The second-order valence-corrected chi connectivity index (χ2v) is 6.64. The average Bonchev–Trinajstić information content (AvgIpc) is 2.48. The maximum Gasteiger partial charge on any atom is 0.255 e. The van der Waals surface area contributed by atoms with Crippen molar-refractivity contribution in [1.29, 1.82) is 0 Å². The van der Waals surface area contributed by atoms with Gasteiger partial charge >= 0.3 is 0 Å². The Balaban J connectivity index is 2.39. The van der Waals surface area contributed by atoms with Gasteiger partial charge in [0.05, 0.1) is 5.56 Å². The van der Waals surface area contributed by atoms with Crippen molar-refractivity contribution in [2.24, 2.45) is 0 Å². The van der Waals surface area contributed by atoms with Crippen molar-refractivity contribution in [2.45, 2.75) is 32.6 Å². The summed E-state index contributed by atoms with van der Waals surface area (Å²) in [5.74, 6) is 1.80. The van der Waals surface area contributed by atoms with E-state index in [1.807, 2.05) is 18.7 Å². The van der Waals surface area contributed by atoms with E-state index in [0.717, 1.165) is 30.4 Å². The Bertz CT molecular complexity index is 443. The summed E-state index contributed by atoms with van der Waals surface area (Å²) in [7, 11) is 0. The van der Waals surface area contributed by atoms with Gasteiger partial charge in [0.1, 0.15) is 5.82 Å². The van der Waals surface area contributed by atoms with E-state index < -0.39 is 0 Å². The summed E-state index contributed by atoms with van der Waals surface area (Å²) in [5.41, 5.74) is 0.591. The van der Waals surface area contributed by atoms with E-state index in [9.17, 15) is 4.79 Å². The van der Waals surface area contributed by atoms with Gasteiger partial charge in [0.15, 0.2) is 0 Å². The molecule has 0 radical (unpaired) electrons. The number of anilines is 1. The molecule has 6 heteroatoms. The monoisotopic (exact) mass is 373 g/mol. The van der Waals surface area contributed by atoms with Gasteiger partial charge in [0.25, 0.3) is 5.91 Å². The summed E-state index contributed by atoms with van der Waals surface area (Å²) in [5, 5.41) is 6.08. The summed E-state index contributed by atoms with van der Waals surface area (Å²) in [6.07, 6.45) is 8.51. The van der Waals surface area contributed by atoms with Crippen molar-refractivity contribution in [2.75, 3.05) is 30.4 Å². The van der Waals surface area contributed by atoms with E-state index in [4.69, 9.17) is 0 Å². The molecular weight excluding hydrogens is 350 g/mol. The second kappa shape index (κ2) is 10.9. The van der Waals surface area contributed by atoms with Crippen LogP contribution >= 0.6 is 27.7 Å². The van der Waals surface area contributed by atoms with Gasteiger partial charge in [-0.2, -0.15) is 11.8 Å². The van der Waals surface area contributed by atoms with Gasteiger partial charge in [0, 0.05) is 23.8 Å². The number of nitrogens with one attached hydrogen (secondary N) is 2. The number of aromatic nitrogens is 1. The van der Waals surface area contributed by atoms with Crippen LogP contribution in [0.25, 0.3) is 0 Å². The number of rotatable bonds is 10. The summed E-state index contributed by atoms with van der Waals surface area (Å²) in [6.45, 7) is 3.44. The number of unbranched alkanes of at least 4 members (excludes halogenated alkanes) is 3. The van der Waals surface area contributed by atoms with Gasteiger partial charge in [0.2, 0.25) is 0 Å². The quantitative estimate of drug-likeness (QED) is 0.610. The minimum absolute atomic E-state index is 0.0659. The Kier molecular flexibility index (Phi) is 9.50. The lowest BCUT2D eigenvalue weighted by atomic mass is 10.2.